The molecule has 3 aromatic rings. The number of nitrogens with one attached hydrogen (secondary N) is 1. The lowest BCUT2D eigenvalue weighted by Gasteiger charge is -1.99. The number of hydrogen-bond acceptors (Lipinski definition) is 4. The molecule has 26 heavy (non-hydrogen) atoms. The Labute approximate surface area is 169 Å². The summed E-state index contributed by atoms with van der Waals surface area (Å²) in [4.78, 5) is 4.11. The molecule has 3 N–H and O–H groups in total. The Bertz CT molecular complexity index is 849. The van der Waals surface area contributed by atoms with Crippen molar-refractivity contribution in [1.29, 1.82) is 5.41 Å². The van der Waals surface area contributed by atoms with E-state index in [1.807, 2.05) is 37.3 Å². The third-order valence-electron chi connectivity index (χ3n) is 3.37. The first kappa shape index (κ1) is 22.1. The van der Waals surface area contributed by atoms with Gasteiger partial charge in [0.25, 0.3) is 0 Å². The second kappa shape index (κ2) is 10.9. The molecule has 7 heteroatoms. The van der Waals surface area contributed by atoms with Crippen molar-refractivity contribution >= 4 is 41.4 Å². The van der Waals surface area contributed by atoms with Gasteiger partial charge in [0.2, 0.25) is 4.47 Å². The molecule has 0 atom stereocenters. The van der Waals surface area contributed by atoms with E-state index in [0.717, 1.165) is 17.8 Å². The number of nitrogens with zero attached hydrogens (tertiary/aromatic N) is 2. The van der Waals surface area contributed by atoms with Gasteiger partial charge < -0.3 is 5.73 Å². The molecule has 138 valence electrons. The van der Waals surface area contributed by atoms with E-state index < -0.39 is 0 Å². The van der Waals surface area contributed by atoms with Crippen LogP contribution in [0.3, 0.4) is 0 Å². The van der Waals surface area contributed by atoms with Crippen LogP contribution in [-0.2, 0) is 12.8 Å². The van der Waals surface area contributed by atoms with Crippen molar-refractivity contribution in [3.8, 4) is 0 Å². The van der Waals surface area contributed by atoms with Crippen LogP contribution in [-0.4, -0.2) is 15.2 Å². The Hall–Kier alpha value is -1.95. The highest BCUT2D eigenvalue weighted by Crippen LogP contribution is 2.14. The first-order chi connectivity index (χ1) is 11.9. The zero-order valence-corrected chi connectivity index (χ0v) is 17.1. The van der Waals surface area contributed by atoms with Gasteiger partial charge in [-0.05, 0) is 48.1 Å². The Morgan fingerprint density at radius 3 is 2.15 bits per heavy atom. The van der Waals surface area contributed by atoms with E-state index >= 15 is 0 Å². The number of halogens is 2. The lowest BCUT2D eigenvalue weighted by molar-refractivity contribution is 1.03. The van der Waals surface area contributed by atoms with Crippen molar-refractivity contribution in [3.05, 3.63) is 81.1 Å². The van der Waals surface area contributed by atoms with Crippen LogP contribution in [0.4, 0.5) is 0 Å². The van der Waals surface area contributed by atoms with Gasteiger partial charge in [0.15, 0.2) is 0 Å². The molecule has 2 aromatic carbocycles. The van der Waals surface area contributed by atoms with Crippen LogP contribution in [0.5, 0.6) is 0 Å². The second-order valence-electron chi connectivity index (χ2n) is 5.82. The summed E-state index contributed by atoms with van der Waals surface area (Å²) in [5.74, 6) is 1.02. The zero-order chi connectivity index (χ0) is 18.2. The Morgan fingerprint density at radius 2 is 1.65 bits per heavy atom. The molecule has 0 amide bonds. The molecule has 1 aromatic heterocycles. The summed E-state index contributed by atoms with van der Waals surface area (Å²) in [5, 5.41) is 7.08. The van der Waals surface area contributed by atoms with Crippen molar-refractivity contribution in [2.75, 3.05) is 0 Å². The van der Waals surface area contributed by atoms with Crippen LogP contribution in [0.2, 0.25) is 4.47 Å². The Balaban J connectivity index is 0.000000258. The van der Waals surface area contributed by atoms with Gasteiger partial charge >= 0.3 is 0 Å². The van der Waals surface area contributed by atoms with Gasteiger partial charge in [-0.25, -0.2) is 4.98 Å². The first-order valence-corrected chi connectivity index (χ1v) is 8.99. The second-order valence-corrected chi connectivity index (χ2v) is 7.15. The molecule has 3 rings (SSSR count). The van der Waals surface area contributed by atoms with Crippen LogP contribution >= 0.6 is 35.5 Å². The molecule has 0 aliphatic carbocycles. The van der Waals surface area contributed by atoms with Gasteiger partial charge in [-0.1, -0.05) is 59.7 Å². The predicted octanol–water partition coefficient (Wildman–Crippen LogP) is 4.99. The van der Waals surface area contributed by atoms with Crippen LogP contribution in [0.25, 0.3) is 0 Å². The molecule has 0 fully saturated rings. The third-order valence-corrected chi connectivity index (χ3v) is 4.20. The van der Waals surface area contributed by atoms with Gasteiger partial charge in [-0.2, -0.15) is 4.37 Å². The van der Waals surface area contributed by atoms with E-state index in [0.29, 0.717) is 10.9 Å². The standard InChI is InChI=1S/C10H9ClN2S.C9H12N2.ClH/c1-7-3-2-4-8(5-7)6-9-12-10(11)14-13-9;1-7-3-2-4-8(5-7)6-9(10)11;/h2-5H,6H2,1H3;2-5H,6H2,1H3,(H3,10,11);1H. The maximum atomic E-state index is 7.08. The monoisotopic (exact) mass is 408 g/mol. The molecule has 0 aliphatic rings. The molecule has 4 nitrogen and oxygen atoms in total. The minimum Gasteiger partial charge on any atom is -0.387 e. The molecule has 0 saturated heterocycles. The van der Waals surface area contributed by atoms with Crippen molar-refractivity contribution < 1.29 is 0 Å². The van der Waals surface area contributed by atoms with Crippen molar-refractivity contribution in [2.24, 2.45) is 5.73 Å². The van der Waals surface area contributed by atoms with Gasteiger partial charge in [-0.15, -0.1) is 12.4 Å². The van der Waals surface area contributed by atoms with Gasteiger partial charge in [0.1, 0.15) is 5.82 Å². The smallest absolute Gasteiger partial charge is 0.203 e. The molecule has 0 saturated carbocycles. The molecular weight excluding hydrogens is 387 g/mol. The summed E-state index contributed by atoms with van der Waals surface area (Å²) in [6, 6.07) is 16.4. The van der Waals surface area contributed by atoms with Crippen LogP contribution in [0, 0.1) is 19.3 Å². The predicted molar refractivity (Wildman–Crippen MR) is 113 cm³/mol. The molecule has 0 aliphatic heterocycles. The fourth-order valence-electron chi connectivity index (χ4n) is 2.35. The van der Waals surface area contributed by atoms with Crippen molar-refractivity contribution in [3.63, 3.8) is 0 Å². The van der Waals surface area contributed by atoms with E-state index in [4.69, 9.17) is 22.7 Å². The molecule has 0 spiro atoms. The van der Waals surface area contributed by atoms with E-state index in [2.05, 4.69) is 34.5 Å². The maximum Gasteiger partial charge on any atom is 0.203 e. The SMILES string of the molecule is Cc1cccc(CC(=N)N)c1.Cc1cccc(Cc2nsc(Cl)n2)c1.Cl. The highest BCUT2D eigenvalue weighted by Gasteiger charge is 2.02. The Morgan fingerprint density at radius 1 is 1.08 bits per heavy atom. The maximum absolute atomic E-state index is 7.08. The Kier molecular flexibility index (Phi) is 9.27. The van der Waals surface area contributed by atoms with Gasteiger partial charge in [-0.3, -0.25) is 5.41 Å². The van der Waals surface area contributed by atoms with E-state index in [-0.39, 0.29) is 18.2 Å². The number of amidine groups is 1. The molecular formula is C19H22Cl2N4S. The fourth-order valence-corrected chi connectivity index (χ4v) is 2.98. The lowest BCUT2D eigenvalue weighted by Crippen LogP contribution is -2.12. The van der Waals surface area contributed by atoms with E-state index in [1.54, 1.807) is 0 Å². The number of aryl methyl sites for hydroxylation is 2. The van der Waals surface area contributed by atoms with Gasteiger partial charge in [0, 0.05) is 12.8 Å². The third kappa shape index (κ3) is 7.95. The molecule has 0 radical (unpaired) electrons. The van der Waals surface area contributed by atoms with Crippen molar-refractivity contribution in [2.45, 2.75) is 26.7 Å². The highest BCUT2D eigenvalue weighted by atomic mass is 35.5. The summed E-state index contributed by atoms with van der Waals surface area (Å²) in [5.41, 5.74) is 10.1. The average molecular weight is 409 g/mol. The molecule has 1 heterocycles. The normalized spacial score (nSPS) is 9.65. The first-order valence-electron chi connectivity index (χ1n) is 7.84. The average Bonchev–Trinajstić information content (AvgIpc) is 2.92. The van der Waals surface area contributed by atoms with Gasteiger partial charge in [0.05, 0.1) is 5.84 Å². The summed E-state index contributed by atoms with van der Waals surface area (Å²) in [7, 11) is 0. The summed E-state index contributed by atoms with van der Waals surface area (Å²) >= 11 is 6.93. The largest absolute Gasteiger partial charge is 0.387 e. The van der Waals surface area contributed by atoms with Crippen LogP contribution in [0.15, 0.2) is 48.5 Å². The number of nitrogens with two attached hydrogens (primary N) is 1. The lowest BCUT2D eigenvalue weighted by atomic mass is 10.1. The zero-order valence-electron chi connectivity index (χ0n) is 14.7. The van der Waals surface area contributed by atoms with Crippen LogP contribution in [0.1, 0.15) is 28.1 Å². The van der Waals surface area contributed by atoms with Crippen LogP contribution < -0.4 is 5.73 Å². The minimum absolute atomic E-state index is 0. The van der Waals surface area contributed by atoms with E-state index in [9.17, 15) is 0 Å². The number of hydrogen-bond donors (Lipinski definition) is 2. The number of benzene rings is 2. The van der Waals surface area contributed by atoms with E-state index in [1.165, 1.54) is 28.2 Å². The summed E-state index contributed by atoms with van der Waals surface area (Å²) < 4.78 is 4.65. The van der Waals surface area contributed by atoms with Crippen molar-refractivity contribution in [1.82, 2.24) is 9.36 Å². The molecule has 0 bridgehead atoms. The summed E-state index contributed by atoms with van der Waals surface area (Å²) in [6.07, 6.45) is 1.31. The number of rotatable bonds is 4. The summed E-state index contributed by atoms with van der Waals surface area (Å²) in [6.45, 7) is 4.11. The fraction of sp³-hybridized carbons (Fsp3) is 0.211. The number of aromatic nitrogens is 2. The highest BCUT2D eigenvalue weighted by molar-refractivity contribution is 7.10. The topological polar surface area (TPSA) is 75.7 Å². The quantitative estimate of drug-likeness (QED) is 0.471. The molecule has 0 unspecified atom stereocenters. The minimum atomic E-state index is 0.